The zero-order chi connectivity index (χ0) is 21.9. The first-order valence-corrected chi connectivity index (χ1v) is 12.6. The van der Waals surface area contributed by atoms with Gasteiger partial charge in [0.15, 0.2) is 0 Å². The van der Waals surface area contributed by atoms with E-state index in [-0.39, 0.29) is 13.2 Å². The minimum Gasteiger partial charge on any atom is -0.394 e. The van der Waals surface area contributed by atoms with Crippen LogP contribution < -0.4 is 0 Å². The van der Waals surface area contributed by atoms with Gasteiger partial charge in [0.1, 0.15) is 24.4 Å². The van der Waals surface area contributed by atoms with Crippen LogP contribution in [0.2, 0.25) is 0 Å². The molecule has 5 nitrogen and oxygen atoms in total. The van der Waals surface area contributed by atoms with Crippen LogP contribution in [0.4, 0.5) is 0 Å². The fourth-order valence-corrected chi connectivity index (χ4v) is 4.03. The number of aliphatic hydroxyl groups excluding tert-OH is 3. The largest absolute Gasteiger partial charge is 0.394 e. The van der Waals surface area contributed by atoms with Gasteiger partial charge in [0.25, 0.3) is 0 Å². The quantitative estimate of drug-likeness (QED) is 0.201. The summed E-state index contributed by atoms with van der Waals surface area (Å²) >= 11 is 0. The van der Waals surface area contributed by atoms with Crippen molar-refractivity contribution >= 4 is 0 Å². The first-order valence-electron chi connectivity index (χ1n) is 12.6. The first-order chi connectivity index (χ1) is 14.7. The topological polar surface area (TPSA) is 79.2 Å². The lowest BCUT2D eigenvalue weighted by Gasteiger charge is -2.37. The third-order valence-electron chi connectivity index (χ3n) is 5.99. The molecule has 0 amide bonds. The smallest absolute Gasteiger partial charge is 0.114 e. The highest BCUT2D eigenvalue weighted by Gasteiger charge is 2.39. The summed E-state index contributed by atoms with van der Waals surface area (Å²) in [6, 6.07) is 0. The molecule has 0 bridgehead atoms. The number of hydrogen-bond acceptors (Lipinski definition) is 5. The minimum absolute atomic E-state index is 0.0448. The number of ether oxygens (including phenoxy) is 2. The predicted octanol–water partition coefficient (Wildman–Crippen LogP) is 4.91. The van der Waals surface area contributed by atoms with Crippen LogP contribution in [0.15, 0.2) is 12.2 Å². The normalized spacial score (nSPS) is 24.7. The van der Waals surface area contributed by atoms with Crippen LogP contribution in [0.1, 0.15) is 103 Å². The molecule has 4 atom stereocenters. The highest BCUT2D eigenvalue weighted by atomic mass is 16.6. The van der Waals surface area contributed by atoms with E-state index in [1.54, 1.807) is 0 Å². The van der Waals surface area contributed by atoms with Crippen LogP contribution in [-0.4, -0.2) is 59.6 Å². The molecule has 1 saturated heterocycles. The molecule has 30 heavy (non-hydrogen) atoms. The predicted molar refractivity (Wildman–Crippen MR) is 123 cm³/mol. The number of unbranched alkanes of at least 4 members (excludes halogenated alkanes) is 13. The van der Waals surface area contributed by atoms with Crippen LogP contribution >= 0.6 is 0 Å². The zero-order valence-corrected chi connectivity index (χ0v) is 19.4. The van der Waals surface area contributed by atoms with Gasteiger partial charge in [-0.25, -0.2) is 0 Å². The second-order valence-corrected chi connectivity index (χ2v) is 8.71. The van der Waals surface area contributed by atoms with Crippen LogP contribution in [-0.2, 0) is 9.47 Å². The maximum Gasteiger partial charge on any atom is 0.114 e. The van der Waals surface area contributed by atoms with E-state index in [0.717, 1.165) is 19.3 Å². The van der Waals surface area contributed by atoms with E-state index in [4.69, 9.17) is 9.47 Å². The molecule has 5 heteroatoms. The standard InChI is InChI=1S/C25H48O5/c1-2-3-4-5-6-7-8-9-10-11-12-13-14-15-16-17-18-19-29-25-23(20-26)30-21-22(27)24(25)28/h3-4,22-28H,2,5-21H2,1H3/b4-3+/t22-,23+,24+,25+/m0/s1. The molecule has 3 N–H and O–H groups in total. The Morgan fingerprint density at radius 3 is 1.87 bits per heavy atom. The Morgan fingerprint density at radius 2 is 1.33 bits per heavy atom. The van der Waals surface area contributed by atoms with Gasteiger partial charge in [0.2, 0.25) is 0 Å². The van der Waals surface area contributed by atoms with Crippen molar-refractivity contribution in [3.63, 3.8) is 0 Å². The van der Waals surface area contributed by atoms with Gasteiger partial charge in [0, 0.05) is 6.61 Å². The molecule has 1 aliphatic heterocycles. The summed E-state index contributed by atoms with van der Waals surface area (Å²) in [5.41, 5.74) is 0. The molecule has 1 rings (SSSR count). The third-order valence-corrected chi connectivity index (χ3v) is 5.99. The van der Waals surface area contributed by atoms with Crippen LogP contribution in [0.3, 0.4) is 0 Å². The SMILES string of the molecule is CC/C=C/CCCCCCCCCCCCCCCO[C@H]1[C@H](O)[C@@H](O)CO[C@@H]1CO. The second-order valence-electron chi connectivity index (χ2n) is 8.71. The Bertz CT molecular complexity index is 399. The van der Waals surface area contributed by atoms with E-state index in [2.05, 4.69) is 19.1 Å². The summed E-state index contributed by atoms with van der Waals surface area (Å²) in [6.45, 7) is 2.56. The molecule has 0 aliphatic carbocycles. The van der Waals surface area contributed by atoms with Crippen molar-refractivity contribution in [2.75, 3.05) is 19.8 Å². The van der Waals surface area contributed by atoms with Crippen LogP contribution in [0, 0.1) is 0 Å². The van der Waals surface area contributed by atoms with Crippen LogP contribution in [0.5, 0.6) is 0 Å². The van der Waals surface area contributed by atoms with Crippen molar-refractivity contribution in [1.29, 1.82) is 0 Å². The van der Waals surface area contributed by atoms with Crippen molar-refractivity contribution < 1.29 is 24.8 Å². The molecule has 0 aromatic rings. The number of rotatable bonds is 19. The van der Waals surface area contributed by atoms with Gasteiger partial charge in [0.05, 0.1) is 13.2 Å². The lowest BCUT2D eigenvalue weighted by Crippen LogP contribution is -2.55. The molecule has 0 radical (unpaired) electrons. The Hall–Kier alpha value is -0.460. The fourth-order valence-electron chi connectivity index (χ4n) is 4.03. The molecule has 1 fully saturated rings. The molecular weight excluding hydrogens is 380 g/mol. The van der Waals surface area contributed by atoms with Gasteiger partial charge < -0.3 is 24.8 Å². The summed E-state index contributed by atoms with van der Waals surface area (Å²) in [4.78, 5) is 0. The molecule has 0 saturated carbocycles. The molecule has 1 aliphatic rings. The van der Waals surface area contributed by atoms with Crippen LogP contribution in [0.25, 0.3) is 0 Å². The Balaban J connectivity index is 1.83. The van der Waals surface area contributed by atoms with Gasteiger partial charge in [-0.3, -0.25) is 0 Å². The zero-order valence-electron chi connectivity index (χ0n) is 19.4. The number of aliphatic hydroxyl groups is 3. The maximum absolute atomic E-state index is 10.0. The third kappa shape index (κ3) is 13.1. The van der Waals surface area contributed by atoms with E-state index in [9.17, 15) is 15.3 Å². The summed E-state index contributed by atoms with van der Waals surface area (Å²) in [5, 5.41) is 29.0. The first kappa shape index (κ1) is 27.6. The lowest BCUT2D eigenvalue weighted by molar-refractivity contribution is -0.211. The second kappa shape index (κ2) is 19.2. The minimum atomic E-state index is -0.987. The molecular formula is C25H48O5. The molecule has 0 unspecified atom stereocenters. The van der Waals surface area contributed by atoms with E-state index < -0.39 is 24.4 Å². The van der Waals surface area contributed by atoms with Crippen molar-refractivity contribution in [1.82, 2.24) is 0 Å². The Morgan fingerprint density at radius 1 is 0.800 bits per heavy atom. The fraction of sp³-hybridized carbons (Fsp3) is 0.920. The highest BCUT2D eigenvalue weighted by molar-refractivity contribution is 4.87. The Labute approximate surface area is 184 Å². The van der Waals surface area contributed by atoms with Crippen molar-refractivity contribution in [3.05, 3.63) is 12.2 Å². The number of allylic oxidation sites excluding steroid dienone is 2. The summed E-state index contributed by atoms with van der Waals surface area (Å²) in [5.74, 6) is 0. The molecule has 178 valence electrons. The van der Waals surface area contributed by atoms with Gasteiger partial charge in [-0.1, -0.05) is 89.7 Å². The van der Waals surface area contributed by atoms with E-state index in [1.807, 2.05) is 0 Å². The average molecular weight is 429 g/mol. The molecule has 0 aromatic heterocycles. The van der Waals surface area contributed by atoms with Gasteiger partial charge in [-0.2, -0.15) is 0 Å². The summed E-state index contributed by atoms with van der Waals surface area (Å²) in [6.07, 6.45) is 20.7. The lowest BCUT2D eigenvalue weighted by atomic mass is 10.0. The van der Waals surface area contributed by atoms with Crippen molar-refractivity contribution in [2.24, 2.45) is 0 Å². The van der Waals surface area contributed by atoms with Gasteiger partial charge in [-0.15, -0.1) is 0 Å². The van der Waals surface area contributed by atoms with E-state index in [0.29, 0.717) is 6.61 Å². The average Bonchev–Trinajstić information content (AvgIpc) is 2.75. The van der Waals surface area contributed by atoms with Crippen molar-refractivity contribution in [3.8, 4) is 0 Å². The van der Waals surface area contributed by atoms with Crippen molar-refractivity contribution in [2.45, 2.75) is 128 Å². The monoisotopic (exact) mass is 428 g/mol. The van der Waals surface area contributed by atoms with Gasteiger partial charge >= 0.3 is 0 Å². The summed E-state index contributed by atoms with van der Waals surface area (Å²) in [7, 11) is 0. The maximum atomic E-state index is 10.0. The molecule has 1 heterocycles. The number of hydrogen-bond donors (Lipinski definition) is 3. The Kier molecular flexibility index (Phi) is 17.7. The molecule has 0 spiro atoms. The van der Waals surface area contributed by atoms with Gasteiger partial charge in [-0.05, 0) is 25.7 Å². The van der Waals surface area contributed by atoms with E-state index in [1.165, 1.54) is 77.0 Å². The molecule has 0 aromatic carbocycles. The summed E-state index contributed by atoms with van der Waals surface area (Å²) < 4.78 is 11.0. The highest BCUT2D eigenvalue weighted by Crippen LogP contribution is 2.19. The van der Waals surface area contributed by atoms with E-state index >= 15 is 0 Å².